The Bertz CT molecular complexity index is 609. The van der Waals surface area contributed by atoms with Crippen LogP contribution in [0.5, 0.6) is 5.75 Å². The highest BCUT2D eigenvalue weighted by Crippen LogP contribution is 2.30. The van der Waals surface area contributed by atoms with Crippen LogP contribution < -0.4 is 10.5 Å². The molecule has 4 heteroatoms. The van der Waals surface area contributed by atoms with Crippen LogP contribution in [-0.4, -0.2) is 6.61 Å². The van der Waals surface area contributed by atoms with Gasteiger partial charge in [-0.2, -0.15) is 0 Å². The Labute approximate surface area is 119 Å². The molecule has 0 fully saturated rings. The average molecular weight is 322 g/mol. The van der Waals surface area contributed by atoms with Gasteiger partial charge >= 0.3 is 0 Å². The van der Waals surface area contributed by atoms with Crippen molar-refractivity contribution in [1.29, 1.82) is 0 Å². The van der Waals surface area contributed by atoms with Crippen LogP contribution in [0.1, 0.15) is 22.7 Å². The summed E-state index contributed by atoms with van der Waals surface area (Å²) in [5.41, 5.74) is 9.12. The largest absolute Gasteiger partial charge is 0.493 e. The van der Waals surface area contributed by atoms with Gasteiger partial charge in [0.1, 0.15) is 11.6 Å². The van der Waals surface area contributed by atoms with E-state index >= 15 is 0 Å². The van der Waals surface area contributed by atoms with Crippen LogP contribution in [0.25, 0.3) is 0 Å². The van der Waals surface area contributed by atoms with Gasteiger partial charge in [0.2, 0.25) is 0 Å². The van der Waals surface area contributed by atoms with Crippen molar-refractivity contribution in [1.82, 2.24) is 0 Å². The van der Waals surface area contributed by atoms with Crippen molar-refractivity contribution >= 4 is 15.9 Å². The molecule has 0 amide bonds. The van der Waals surface area contributed by atoms with Gasteiger partial charge in [0.05, 0.1) is 12.6 Å². The number of nitrogens with two attached hydrogens (primary N) is 1. The lowest BCUT2D eigenvalue weighted by atomic mass is 9.97. The van der Waals surface area contributed by atoms with E-state index in [2.05, 4.69) is 15.9 Å². The molecule has 0 bridgehead atoms. The van der Waals surface area contributed by atoms with Gasteiger partial charge in [0.25, 0.3) is 0 Å². The predicted molar refractivity (Wildman–Crippen MR) is 75.8 cm³/mol. The molecule has 19 heavy (non-hydrogen) atoms. The molecule has 1 aliphatic rings. The molecule has 0 aliphatic carbocycles. The summed E-state index contributed by atoms with van der Waals surface area (Å²) in [6.07, 6.45) is 0.905. The fourth-order valence-corrected chi connectivity index (χ4v) is 2.83. The summed E-state index contributed by atoms with van der Waals surface area (Å²) in [4.78, 5) is 0. The van der Waals surface area contributed by atoms with Crippen LogP contribution in [0.2, 0.25) is 0 Å². The molecule has 1 atom stereocenters. The quantitative estimate of drug-likeness (QED) is 0.917. The number of rotatable bonds is 2. The Morgan fingerprint density at radius 2 is 2.00 bits per heavy atom. The summed E-state index contributed by atoms with van der Waals surface area (Å²) in [6, 6.07) is 10.3. The third-order valence-electron chi connectivity index (χ3n) is 3.32. The van der Waals surface area contributed by atoms with E-state index in [0.29, 0.717) is 4.47 Å². The number of benzene rings is 2. The third kappa shape index (κ3) is 2.51. The molecule has 2 N–H and O–H groups in total. The molecule has 0 saturated carbocycles. The van der Waals surface area contributed by atoms with Gasteiger partial charge in [0, 0.05) is 10.9 Å². The lowest BCUT2D eigenvalue weighted by Crippen LogP contribution is -2.12. The molecule has 0 saturated heterocycles. The first-order valence-electron chi connectivity index (χ1n) is 6.11. The highest BCUT2D eigenvalue weighted by Gasteiger charge is 2.16. The highest BCUT2D eigenvalue weighted by molar-refractivity contribution is 9.10. The molecular formula is C15H13BrFNO. The minimum absolute atomic E-state index is 0.288. The Hall–Kier alpha value is -1.39. The molecule has 1 heterocycles. The van der Waals surface area contributed by atoms with E-state index in [1.54, 1.807) is 0 Å². The zero-order chi connectivity index (χ0) is 13.4. The molecule has 2 nitrogen and oxygen atoms in total. The fourth-order valence-electron chi connectivity index (χ4n) is 2.35. The van der Waals surface area contributed by atoms with Crippen LogP contribution in [0.15, 0.2) is 40.9 Å². The number of hydrogen-bond donors (Lipinski definition) is 1. The van der Waals surface area contributed by atoms with Crippen molar-refractivity contribution in [3.05, 3.63) is 63.4 Å². The molecule has 0 aromatic heterocycles. The van der Waals surface area contributed by atoms with Gasteiger partial charge in [-0.3, -0.25) is 0 Å². The molecule has 1 unspecified atom stereocenters. The molecule has 0 spiro atoms. The van der Waals surface area contributed by atoms with Crippen molar-refractivity contribution in [2.45, 2.75) is 12.5 Å². The Morgan fingerprint density at radius 1 is 1.16 bits per heavy atom. The maximum absolute atomic E-state index is 13.4. The van der Waals surface area contributed by atoms with Crippen molar-refractivity contribution < 1.29 is 9.13 Å². The van der Waals surface area contributed by atoms with Crippen LogP contribution in [0, 0.1) is 5.82 Å². The Balaban J connectivity index is 1.97. The number of hydrogen-bond acceptors (Lipinski definition) is 2. The standard InChI is InChI=1S/C15H13BrFNO/c16-12-6-11(7-13(17)8-12)15(18)10-1-2-14-9(5-10)3-4-19-14/h1-2,5-8,15H,3-4,18H2. The van der Waals surface area contributed by atoms with E-state index in [-0.39, 0.29) is 11.9 Å². The van der Waals surface area contributed by atoms with Crippen molar-refractivity contribution in [3.63, 3.8) is 0 Å². The lowest BCUT2D eigenvalue weighted by Gasteiger charge is -2.14. The second kappa shape index (κ2) is 4.94. The van der Waals surface area contributed by atoms with Crippen molar-refractivity contribution in [2.24, 2.45) is 5.73 Å². The van der Waals surface area contributed by atoms with E-state index in [4.69, 9.17) is 10.5 Å². The van der Waals surface area contributed by atoms with Crippen LogP contribution >= 0.6 is 15.9 Å². The van der Waals surface area contributed by atoms with E-state index in [1.807, 2.05) is 24.3 Å². The monoisotopic (exact) mass is 321 g/mol. The highest BCUT2D eigenvalue weighted by atomic mass is 79.9. The van der Waals surface area contributed by atoms with E-state index in [1.165, 1.54) is 17.7 Å². The van der Waals surface area contributed by atoms with E-state index in [9.17, 15) is 4.39 Å². The number of halogens is 2. The minimum atomic E-state index is -0.335. The van der Waals surface area contributed by atoms with Crippen LogP contribution in [0.3, 0.4) is 0 Å². The molecule has 0 radical (unpaired) electrons. The maximum atomic E-state index is 13.4. The predicted octanol–water partition coefficient (Wildman–Crippen LogP) is 3.57. The number of ether oxygens (including phenoxy) is 1. The Morgan fingerprint density at radius 3 is 2.79 bits per heavy atom. The summed E-state index contributed by atoms with van der Waals surface area (Å²) < 4.78 is 19.6. The first-order chi connectivity index (χ1) is 9.13. The molecule has 2 aromatic rings. The Kier molecular flexibility index (Phi) is 3.29. The minimum Gasteiger partial charge on any atom is -0.493 e. The summed E-state index contributed by atoms with van der Waals surface area (Å²) in [5, 5.41) is 0. The van der Waals surface area contributed by atoms with E-state index < -0.39 is 0 Å². The molecule has 2 aromatic carbocycles. The molecule has 3 rings (SSSR count). The summed E-state index contributed by atoms with van der Waals surface area (Å²) in [5.74, 6) is 0.640. The van der Waals surface area contributed by atoms with Gasteiger partial charge in [0.15, 0.2) is 0 Å². The first kappa shape index (κ1) is 12.6. The van der Waals surface area contributed by atoms with Crippen molar-refractivity contribution in [2.75, 3.05) is 6.61 Å². The van der Waals surface area contributed by atoms with Gasteiger partial charge in [-0.15, -0.1) is 0 Å². The van der Waals surface area contributed by atoms with Crippen LogP contribution in [0.4, 0.5) is 4.39 Å². The maximum Gasteiger partial charge on any atom is 0.124 e. The molecule has 1 aliphatic heterocycles. The molecule has 98 valence electrons. The van der Waals surface area contributed by atoms with Gasteiger partial charge in [-0.25, -0.2) is 4.39 Å². The zero-order valence-corrected chi connectivity index (χ0v) is 11.8. The van der Waals surface area contributed by atoms with Crippen molar-refractivity contribution in [3.8, 4) is 5.75 Å². The average Bonchev–Trinajstić information content (AvgIpc) is 2.83. The third-order valence-corrected chi connectivity index (χ3v) is 3.77. The van der Waals surface area contributed by atoms with Gasteiger partial charge in [-0.1, -0.05) is 28.1 Å². The number of fused-ring (bicyclic) bond motifs is 1. The fraction of sp³-hybridized carbons (Fsp3) is 0.200. The smallest absolute Gasteiger partial charge is 0.124 e. The first-order valence-corrected chi connectivity index (χ1v) is 6.90. The normalized spacial score (nSPS) is 14.9. The van der Waals surface area contributed by atoms with Gasteiger partial charge < -0.3 is 10.5 Å². The SMILES string of the molecule is NC(c1cc(F)cc(Br)c1)c1ccc2c(c1)CCO2. The lowest BCUT2D eigenvalue weighted by molar-refractivity contribution is 0.357. The summed E-state index contributed by atoms with van der Waals surface area (Å²) >= 11 is 3.29. The van der Waals surface area contributed by atoms with Gasteiger partial charge in [-0.05, 0) is 41.0 Å². The summed E-state index contributed by atoms with van der Waals surface area (Å²) in [7, 11) is 0. The zero-order valence-electron chi connectivity index (χ0n) is 10.2. The molecular weight excluding hydrogens is 309 g/mol. The van der Waals surface area contributed by atoms with E-state index in [0.717, 1.165) is 29.9 Å². The van der Waals surface area contributed by atoms with Crippen LogP contribution in [-0.2, 0) is 6.42 Å². The topological polar surface area (TPSA) is 35.2 Å². The second-order valence-electron chi connectivity index (χ2n) is 4.65. The summed E-state index contributed by atoms with van der Waals surface area (Å²) in [6.45, 7) is 0.722. The second-order valence-corrected chi connectivity index (χ2v) is 5.56.